The second kappa shape index (κ2) is 51.6. The van der Waals surface area contributed by atoms with Gasteiger partial charge >= 0.3 is 0 Å². The average molecular weight is 1740 g/mol. The lowest BCUT2D eigenvalue weighted by atomic mass is 9.98. The fraction of sp³-hybridized carbons (Fsp3) is 0.528. The fourth-order valence-electron chi connectivity index (χ4n) is 13.5. The molecule has 0 saturated carbocycles. The van der Waals surface area contributed by atoms with Crippen molar-refractivity contribution in [2.45, 2.75) is 200 Å². The minimum Gasteiger partial charge on any atom is -0.396 e. The van der Waals surface area contributed by atoms with Gasteiger partial charge in [0.05, 0.1) is 62.9 Å². The minimum absolute atomic E-state index is 0.0123. The van der Waals surface area contributed by atoms with Gasteiger partial charge in [-0.05, 0) is 165 Å². The number of rotatable bonds is 32. The molecule has 9 rings (SSSR count). The Hall–Kier alpha value is -9.15. The molecule has 3 aromatic carbocycles. The third kappa shape index (κ3) is 35.1. The number of halogens is 6. The number of fused-ring (bicyclic) bond motifs is 3. The average Bonchev–Trinajstić information content (AvgIpc) is 1.65. The van der Waals surface area contributed by atoms with Gasteiger partial charge in [0.2, 0.25) is 0 Å². The highest BCUT2D eigenvalue weighted by molar-refractivity contribution is 7.86. The lowest BCUT2D eigenvalue weighted by molar-refractivity contribution is 0.0616. The Labute approximate surface area is 723 Å². The Morgan fingerprint density at radius 1 is 0.442 bits per heavy atom. The van der Waals surface area contributed by atoms with E-state index in [1.165, 1.54) is 9.80 Å². The number of amides is 6. The quantitative estimate of drug-likeness (QED) is 0.0130. The van der Waals surface area contributed by atoms with E-state index >= 15 is 0 Å². The molecule has 24 nitrogen and oxygen atoms in total. The monoisotopic (exact) mass is 1740 g/mol. The third-order valence-corrected chi connectivity index (χ3v) is 19.9. The number of imide groups is 3. The van der Waals surface area contributed by atoms with Gasteiger partial charge in [-0.1, -0.05) is 196 Å². The van der Waals surface area contributed by atoms with Crippen molar-refractivity contribution in [3.8, 4) is 18.2 Å². The number of hydrogen-bond donors (Lipinski definition) is 6. The summed E-state index contributed by atoms with van der Waals surface area (Å²) in [4.78, 5) is 89.1. The molecule has 0 bridgehead atoms. The van der Waals surface area contributed by atoms with Crippen molar-refractivity contribution in [1.82, 2.24) is 29.7 Å². The van der Waals surface area contributed by atoms with Gasteiger partial charge in [-0.25, -0.2) is 28.1 Å². The highest BCUT2D eigenvalue weighted by Gasteiger charge is 2.39. The number of anilines is 3. The molecule has 3 aliphatic rings. The van der Waals surface area contributed by atoms with E-state index in [1.807, 2.05) is 27.7 Å². The maximum atomic E-state index is 14.3. The predicted molar refractivity (Wildman–Crippen MR) is 468 cm³/mol. The highest BCUT2D eigenvalue weighted by atomic mass is 35.5. The molecule has 0 radical (unpaired) electrons. The van der Waals surface area contributed by atoms with Crippen molar-refractivity contribution in [2.75, 3.05) is 61.6 Å². The molecule has 0 aliphatic carbocycles. The normalized spacial score (nSPS) is 14.4. The molecule has 3 aliphatic heterocycles. The number of carbonyl (C=O) groups is 6. The molecule has 3 aromatic heterocycles. The van der Waals surface area contributed by atoms with Crippen molar-refractivity contribution in [2.24, 2.45) is 70.6 Å². The van der Waals surface area contributed by atoms with Crippen LogP contribution in [0.5, 0.6) is 0 Å². The first-order chi connectivity index (χ1) is 56.2. The van der Waals surface area contributed by atoms with E-state index in [9.17, 15) is 50.4 Å². The number of aliphatic hydroxyl groups excluding tert-OH is 1. The summed E-state index contributed by atoms with van der Waals surface area (Å²) in [5.74, 6) is 1.30. The Kier molecular flexibility index (Phi) is 45.1. The first-order valence-corrected chi connectivity index (χ1v) is 43.5. The number of nitrogens with two attached hydrogens (primary N) is 2. The molecule has 0 fully saturated rings. The number of nitrogens with zero attached hydrogens (tertiary/aromatic N) is 9. The zero-order valence-electron chi connectivity index (χ0n) is 72.6. The maximum absolute atomic E-state index is 14.3. The van der Waals surface area contributed by atoms with Gasteiger partial charge in [-0.3, -0.25) is 47.7 Å². The topological polar surface area (TPSA) is 374 Å². The zero-order chi connectivity index (χ0) is 90.7. The predicted octanol–water partition coefficient (Wildman–Crippen LogP) is 18.3. The number of benzene rings is 3. The van der Waals surface area contributed by atoms with Crippen LogP contribution in [0, 0.1) is 111 Å². The van der Waals surface area contributed by atoms with Gasteiger partial charge in [0, 0.05) is 57.0 Å². The summed E-state index contributed by atoms with van der Waals surface area (Å²) in [6, 6.07) is 28.6. The second-order valence-electron chi connectivity index (χ2n) is 33.4. The lowest BCUT2D eigenvalue weighted by Gasteiger charge is -2.25. The largest absolute Gasteiger partial charge is 0.396 e. The van der Waals surface area contributed by atoms with E-state index < -0.39 is 33.6 Å². The van der Waals surface area contributed by atoms with Crippen LogP contribution in [-0.4, -0.2) is 148 Å². The van der Waals surface area contributed by atoms with Gasteiger partial charge in [-0.2, -0.15) is 24.2 Å². The molecule has 656 valence electrons. The van der Waals surface area contributed by atoms with Crippen LogP contribution in [0.3, 0.4) is 0 Å². The van der Waals surface area contributed by atoms with E-state index in [1.54, 1.807) is 91.0 Å². The maximum Gasteiger partial charge on any atom is 0.264 e. The number of hydrogen-bond acceptors (Lipinski definition) is 21. The summed E-state index contributed by atoms with van der Waals surface area (Å²) in [6.07, 6.45) is 8.19. The van der Waals surface area contributed by atoms with Crippen LogP contribution < -0.4 is 27.4 Å². The van der Waals surface area contributed by atoms with Crippen molar-refractivity contribution in [3.05, 3.63) is 174 Å². The molecule has 0 unspecified atom stereocenters. The van der Waals surface area contributed by atoms with Crippen molar-refractivity contribution >= 4 is 97.8 Å². The van der Waals surface area contributed by atoms with Gasteiger partial charge in [0.15, 0.2) is 34.9 Å². The summed E-state index contributed by atoms with van der Waals surface area (Å²) < 4.78 is 67.6. The van der Waals surface area contributed by atoms with E-state index in [4.69, 9.17) is 67.2 Å². The van der Waals surface area contributed by atoms with Gasteiger partial charge in [0.25, 0.3) is 45.6 Å². The number of aromatic nitrogens is 3. The fourth-order valence-corrected chi connectivity index (χ4v) is 14.5. The van der Waals surface area contributed by atoms with Gasteiger partial charge in [0.1, 0.15) is 33.7 Å². The van der Waals surface area contributed by atoms with E-state index in [0.29, 0.717) is 120 Å². The molecule has 6 amide bonds. The van der Waals surface area contributed by atoms with Crippen LogP contribution in [-0.2, 0) is 14.3 Å². The molecular weight excluding hydrogens is 1620 g/mol. The van der Waals surface area contributed by atoms with Crippen molar-refractivity contribution < 1.29 is 59.6 Å². The number of carbonyl (C=O) groups excluding carboxylic acids is 6. The first-order valence-electron chi connectivity index (χ1n) is 40.6. The third-order valence-electron chi connectivity index (χ3n) is 18.4. The molecule has 31 heteroatoms. The number of pyridine rings is 3. The van der Waals surface area contributed by atoms with Crippen LogP contribution >= 0.6 is 34.8 Å². The molecule has 8 N–H and O–H groups in total. The Morgan fingerprint density at radius 3 is 1.00 bits per heavy atom. The van der Waals surface area contributed by atoms with Crippen LogP contribution in [0.4, 0.5) is 30.6 Å². The van der Waals surface area contributed by atoms with Crippen LogP contribution in [0.2, 0.25) is 15.5 Å². The summed E-state index contributed by atoms with van der Waals surface area (Å²) in [7, 11) is -3.25. The van der Waals surface area contributed by atoms with Crippen LogP contribution in [0.1, 0.15) is 255 Å². The van der Waals surface area contributed by atoms with Gasteiger partial charge in [-0.15, -0.1) is 0 Å². The SMILES string of the molecule is CC(C)C[C@@H](C)CN1C(=O)c2ccccc2C1=O.CC(C)C[C@@H](C)CO.CC(C)C[C@@H](C)COS(C)(=O)=O.CC(C)C[C@@H](N)CN1C(=O)c2ccccc2C1=O.CC(C)C[C@H](CN)Nc1nc(Cl)c(C#N)cc1F.CC(C)C[C@H](CN1C(=O)c2ccccc2C1=O)Nc1nc(Cl)c(C#N)cc1F.CC[C@@H](CC(C)C)Nc1nc(Cl)c(C#N)cc1F. The minimum atomic E-state index is -3.25. The molecule has 120 heavy (non-hydrogen) atoms. The van der Waals surface area contributed by atoms with Crippen molar-refractivity contribution in [3.63, 3.8) is 0 Å². The van der Waals surface area contributed by atoms with E-state index in [0.717, 1.165) is 80.2 Å². The lowest BCUT2D eigenvalue weighted by Crippen LogP contribution is -2.41. The molecule has 6 aromatic rings. The Morgan fingerprint density at radius 2 is 0.717 bits per heavy atom. The summed E-state index contributed by atoms with van der Waals surface area (Å²) in [6.45, 7) is 39.4. The van der Waals surface area contributed by atoms with Crippen LogP contribution in [0.15, 0.2) is 91.0 Å². The smallest absolute Gasteiger partial charge is 0.264 e. The molecule has 0 spiro atoms. The Bertz CT molecular complexity index is 4350. The standard InChI is InChI=1S/C20H18ClFN4O2.C15H19NO2.C14H18N2O2.C13H17ClFN3.C12H16ClFN4.C8H18O3S.C7H16O/c1-11(2)7-13(24-18-16(22)8-12(9-23)17(21)25-18)10-26-19(27)14-5-3-4-6-15(14)20(26)28;1-10(2)8-11(3)9-16-14(17)12-6-4-5-7-13(12)15(16)18;1-9(2)7-10(15)8-16-13(17)11-5-3-4-6-12(11)14(16)18;1-4-10(5-8(2)3)17-13-11(15)6-9(7-16)12(14)18-13;1-7(2)3-9(6-16)17-12-10(14)4-8(5-15)11(13)18-12;1-7(2)5-8(3)6-11-12(4,9)10;1-6(2)4-7(3)5-8/h3-6,8,11,13H,7,10H2,1-2H3,(H,24,25);4-7,10-11H,8-9H2,1-3H3;3-6,9-10H,7-8,15H2,1-2H3;6,8,10H,4-5H2,1-3H3,(H,17,18);4,7,9H,3,6,16H2,1-2H3,(H,17,18);7-8H,5-6H2,1-4H3;6-8H,4-5H2,1-3H3/t13-;11-;2*10-;9-;8-;7-/m1110111/s1. The second-order valence-corrected chi connectivity index (χ2v) is 36.1. The number of nitrogens with one attached hydrogen (secondary N) is 3. The van der Waals surface area contributed by atoms with Crippen molar-refractivity contribution in [1.29, 1.82) is 15.8 Å². The summed E-state index contributed by atoms with van der Waals surface area (Å²) in [5, 5.41) is 43.7. The van der Waals surface area contributed by atoms with Crippen LogP contribution in [0.25, 0.3) is 0 Å². The summed E-state index contributed by atoms with van der Waals surface area (Å²) in [5.41, 5.74) is 14.4. The molecule has 7 atom stereocenters. The zero-order valence-corrected chi connectivity index (χ0v) is 75.7. The summed E-state index contributed by atoms with van der Waals surface area (Å²) >= 11 is 17.5. The number of aliphatic hydroxyl groups is 1. The molecule has 6 heterocycles. The molecule has 0 saturated heterocycles. The number of nitriles is 3. The highest BCUT2D eigenvalue weighted by Crippen LogP contribution is 2.31. The van der Waals surface area contributed by atoms with E-state index in [-0.39, 0.29) is 116 Å². The van der Waals surface area contributed by atoms with Gasteiger partial charge < -0.3 is 32.5 Å². The van der Waals surface area contributed by atoms with E-state index in [2.05, 4.69) is 132 Å². The first kappa shape index (κ1) is 105. The Balaban J connectivity index is 0.000000371. The molecular formula is C89H122Cl3F3N14O10S.